The van der Waals surface area contributed by atoms with E-state index in [0.717, 1.165) is 5.92 Å². The van der Waals surface area contributed by atoms with Crippen LogP contribution in [0.15, 0.2) is 8.96 Å². The molecule has 58 valence electrons. The summed E-state index contributed by atoms with van der Waals surface area (Å²) < 4.78 is 2.78. The van der Waals surface area contributed by atoms with Gasteiger partial charge < -0.3 is 0 Å². The van der Waals surface area contributed by atoms with Gasteiger partial charge in [0.2, 0.25) is 0 Å². The van der Waals surface area contributed by atoms with Crippen LogP contribution < -0.4 is 0 Å². The number of rotatable bonds is 4. The molecule has 0 atom stereocenters. The summed E-state index contributed by atoms with van der Waals surface area (Å²) in [5.41, 5.74) is 0. The predicted molar refractivity (Wildman–Crippen MR) is 52.5 cm³/mol. The molecule has 2 heteroatoms. The first-order valence-electron chi connectivity index (χ1n) is 3.82. The normalized spacial score (nSPS) is 18.3. The summed E-state index contributed by atoms with van der Waals surface area (Å²) >= 11 is 7.00. The van der Waals surface area contributed by atoms with Gasteiger partial charge in [0.1, 0.15) is 0 Å². The molecule has 10 heavy (non-hydrogen) atoms. The summed E-state index contributed by atoms with van der Waals surface area (Å²) in [6.45, 7) is 2.24. The van der Waals surface area contributed by atoms with E-state index < -0.39 is 0 Å². The van der Waals surface area contributed by atoms with Crippen LogP contribution in [0.5, 0.6) is 0 Å². The van der Waals surface area contributed by atoms with Crippen molar-refractivity contribution in [1.29, 1.82) is 0 Å². The van der Waals surface area contributed by atoms with Gasteiger partial charge >= 0.3 is 0 Å². The highest BCUT2D eigenvalue weighted by atomic mass is 79.9. The molecular formula is C8H12Br2. The van der Waals surface area contributed by atoms with Gasteiger partial charge in [0.05, 0.1) is 0 Å². The Bertz CT molecular complexity index is 137. The molecule has 1 aliphatic rings. The number of halogens is 2. The van der Waals surface area contributed by atoms with Crippen molar-refractivity contribution in [1.82, 2.24) is 0 Å². The molecule has 0 saturated carbocycles. The third-order valence-electron chi connectivity index (χ3n) is 1.85. The average molecular weight is 268 g/mol. The van der Waals surface area contributed by atoms with E-state index in [1.54, 1.807) is 0 Å². The zero-order chi connectivity index (χ0) is 7.56. The molecule has 0 nitrogen and oxygen atoms in total. The van der Waals surface area contributed by atoms with Crippen LogP contribution in [0.3, 0.4) is 0 Å². The smallest absolute Gasteiger partial charge is 0.0238 e. The zero-order valence-corrected chi connectivity index (χ0v) is 9.33. The lowest BCUT2D eigenvalue weighted by molar-refractivity contribution is 0.641. The number of hydrogen-bond donors (Lipinski definition) is 0. The number of unbranched alkanes of at least 4 members (excludes halogenated alkanes) is 2. The molecular weight excluding hydrogens is 256 g/mol. The highest BCUT2D eigenvalue weighted by Gasteiger charge is 2.31. The molecule has 0 aromatic carbocycles. The molecule has 0 unspecified atom stereocenters. The second-order valence-electron chi connectivity index (χ2n) is 2.74. The largest absolute Gasteiger partial charge is 0.0654 e. The first-order chi connectivity index (χ1) is 4.77. The van der Waals surface area contributed by atoms with Crippen LogP contribution in [-0.2, 0) is 0 Å². The SMILES string of the molecule is CCCCCC1C(Br)=C1Br. The van der Waals surface area contributed by atoms with Crippen molar-refractivity contribution in [2.75, 3.05) is 0 Å². The van der Waals surface area contributed by atoms with Crippen molar-refractivity contribution < 1.29 is 0 Å². The second-order valence-corrected chi connectivity index (χ2v) is 4.45. The van der Waals surface area contributed by atoms with E-state index in [4.69, 9.17) is 0 Å². The molecule has 0 N–H and O–H groups in total. The minimum Gasteiger partial charge on any atom is -0.0654 e. The Balaban J connectivity index is 1.98. The minimum absolute atomic E-state index is 0.756. The summed E-state index contributed by atoms with van der Waals surface area (Å²) in [4.78, 5) is 0. The Morgan fingerprint density at radius 3 is 2.20 bits per heavy atom. The van der Waals surface area contributed by atoms with Crippen molar-refractivity contribution >= 4 is 31.9 Å². The first-order valence-corrected chi connectivity index (χ1v) is 5.41. The van der Waals surface area contributed by atoms with Crippen LogP contribution >= 0.6 is 31.9 Å². The molecule has 0 aromatic heterocycles. The lowest BCUT2D eigenvalue weighted by Gasteiger charge is -1.95. The lowest BCUT2D eigenvalue weighted by Crippen LogP contribution is -1.80. The summed E-state index contributed by atoms with van der Waals surface area (Å²) in [5, 5.41) is 0. The fourth-order valence-electron chi connectivity index (χ4n) is 1.06. The number of hydrogen-bond acceptors (Lipinski definition) is 0. The predicted octanol–water partition coefficient (Wildman–Crippen LogP) is 4.20. The van der Waals surface area contributed by atoms with E-state index in [2.05, 4.69) is 38.8 Å². The highest BCUT2D eigenvalue weighted by molar-refractivity contribution is 9.15. The molecule has 0 aliphatic heterocycles. The van der Waals surface area contributed by atoms with Crippen molar-refractivity contribution in [3.63, 3.8) is 0 Å². The Morgan fingerprint density at radius 2 is 1.80 bits per heavy atom. The lowest BCUT2D eigenvalue weighted by atomic mass is 10.1. The second kappa shape index (κ2) is 3.91. The standard InChI is InChI=1S/C8H12Br2/c1-2-3-4-5-6-7(9)8(6)10/h6H,2-5H2,1H3. The van der Waals surface area contributed by atoms with E-state index >= 15 is 0 Å². The van der Waals surface area contributed by atoms with Crippen LogP contribution in [0, 0.1) is 5.92 Å². The maximum Gasteiger partial charge on any atom is 0.0238 e. The fraction of sp³-hybridized carbons (Fsp3) is 0.750. The van der Waals surface area contributed by atoms with Crippen LogP contribution in [0.2, 0.25) is 0 Å². The van der Waals surface area contributed by atoms with Crippen molar-refractivity contribution in [3.8, 4) is 0 Å². The van der Waals surface area contributed by atoms with Gasteiger partial charge in [0.15, 0.2) is 0 Å². The van der Waals surface area contributed by atoms with Gasteiger partial charge in [0.25, 0.3) is 0 Å². The molecule has 1 aliphatic carbocycles. The number of allylic oxidation sites excluding steroid dienone is 2. The van der Waals surface area contributed by atoms with E-state index in [1.165, 1.54) is 34.6 Å². The van der Waals surface area contributed by atoms with Gasteiger partial charge in [-0.15, -0.1) is 0 Å². The van der Waals surface area contributed by atoms with Crippen LogP contribution in [0.25, 0.3) is 0 Å². The monoisotopic (exact) mass is 266 g/mol. The molecule has 0 spiro atoms. The molecule has 0 aromatic rings. The van der Waals surface area contributed by atoms with Gasteiger partial charge in [-0.25, -0.2) is 0 Å². The summed E-state index contributed by atoms with van der Waals surface area (Å²) in [7, 11) is 0. The summed E-state index contributed by atoms with van der Waals surface area (Å²) in [6.07, 6.45) is 5.39. The average Bonchev–Trinajstić information content (AvgIpc) is 2.46. The third kappa shape index (κ3) is 2.09. The quantitative estimate of drug-likeness (QED) is 0.670. The Morgan fingerprint density at radius 1 is 1.20 bits per heavy atom. The first kappa shape index (κ1) is 8.79. The van der Waals surface area contributed by atoms with Gasteiger partial charge in [0, 0.05) is 14.9 Å². The molecule has 0 amide bonds. The van der Waals surface area contributed by atoms with E-state index in [-0.39, 0.29) is 0 Å². The molecule has 0 bridgehead atoms. The minimum atomic E-state index is 0.756. The molecule has 0 radical (unpaired) electrons. The third-order valence-corrected chi connectivity index (χ3v) is 4.34. The molecule has 0 saturated heterocycles. The van der Waals surface area contributed by atoms with Crippen LogP contribution in [0.4, 0.5) is 0 Å². The highest BCUT2D eigenvalue weighted by Crippen LogP contribution is 2.50. The fourth-order valence-corrected chi connectivity index (χ4v) is 2.61. The van der Waals surface area contributed by atoms with Gasteiger partial charge in [-0.1, -0.05) is 58.0 Å². The zero-order valence-electron chi connectivity index (χ0n) is 6.16. The summed E-state index contributed by atoms with van der Waals surface area (Å²) in [5.74, 6) is 0.756. The van der Waals surface area contributed by atoms with Gasteiger partial charge in [-0.3, -0.25) is 0 Å². The Labute approximate surface area is 79.3 Å². The van der Waals surface area contributed by atoms with Crippen molar-refractivity contribution in [3.05, 3.63) is 8.96 Å². The van der Waals surface area contributed by atoms with Crippen LogP contribution in [0.1, 0.15) is 32.6 Å². The summed E-state index contributed by atoms with van der Waals surface area (Å²) in [6, 6.07) is 0. The maximum absolute atomic E-state index is 3.50. The van der Waals surface area contributed by atoms with E-state index in [9.17, 15) is 0 Å². The van der Waals surface area contributed by atoms with Crippen LogP contribution in [-0.4, -0.2) is 0 Å². The van der Waals surface area contributed by atoms with Gasteiger partial charge in [-0.05, 0) is 6.42 Å². The maximum atomic E-state index is 3.50. The van der Waals surface area contributed by atoms with E-state index in [0.29, 0.717) is 0 Å². The molecule has 0 fully saturated rings. The molecule has 1 rings (SSSR count). The van der Waals surface area contributed by atoms with Crippen molar-refractivity contribution in [2.24, 2.45) is 5.92 Å². The van der Waals surface area contributed by atoms with Gasteiger partial charge in [-0.2, -0.15) is 0 Å². The Hall–Kier alpha value is 0.700. The molecule has 0 heterocycles. The Kier molecular flexibility index (Phi) is 3.44. The van der Waals surface area contributed by atoms with Crippen molar-refractivity contribution in [2.45, 2.75) is 32.6 Å². The van der Waals surface area contributed by atoms with E-state index in [1.807, 2.05) is 0 Å². The topological polar surface area (TPSA) is 0 Å².